The summed E-state index contributed by atoms with van der Waals surface area (Å²) in [4.78, 5) is 21.1. The minimum atomic E-state index is -4.57. The molecule has 1 unspecified atom stereocenters. The van der Waals surface area contributed by atoms with Crippen LogP contribution in [0.15, 0.2) is 42.7 Å². The van der Waals surface area contributed by atoms with Crippen LogP contribution < -0.4 is 10.6 Å². The summed E-state index contributed by atoms with van der Waals surface area (Å²) in [6.45, 7) is 5.61. The molecule has 0 fully saturated rings. The van der Waals surface area contributed by atoms with E-state index in [0.717, 1.165) is 28.9 Å². The maximum atomic E-state index is 13.4. The summed E-state index contributed by atoms with van der Waals surface area (Å²) in [6.07, 6.45) is -1.88. The average molecular weight is 533 g/mol. The van der Waals surface area contributed by atoms with Gasteiger partial charge in [0.2, 0.25) is 5.91 Å². The van der Waals surface area contributed by atoms with Gasteiger partial charge in [0.15, 0.2) is 0 Å². The van der Waals surface area contributed by atoms with Crippen molar-refractivity contribution in [2.24, 2.45) is 5.41 Å². The summed E-state index contributed by atoms with van der Waals surface area (Å²) in [5.74, 6) is 0.00767. The molecule has 1 atom stereocenters. The average Bonchev–Trinajstić information content (AvgIpc) is 2.79. The van der Waals surface area contributed by atoms with Crippen LogP contribution >= 0.6 is 11.6 Å². The highest BCUT2D eigenvalue weighted by Gasteiger charge is 2.32. The fraction of sp³-hybridized carbons (Fsp3) is 0.370. The van der Waals surface area contributed by atoms with Gasteiger partial charge in [0.05, 0.1) is 23.0 Å². The van der Waals surface area contributed by atoms with E-state index in [1.807, 2.05) is 20.8 Å². The molecule has 1 heterocycles. The van der Waals surface area contributed by atoms with Gasteiger partial charge in [0, 0.05) is 35.2 Å². The molecule has 1 aliphatic carbocycles. The number of hydrogen-bond acceptors (Lipinski definition) is 5. The van der Waals surface area contributed by atoms with Crippen molar-refractivity contribution >= 4 is 34.7 Å². The second-order valence-corrected chi connectivity index (χ2v) is 10.8. The van der Waals surface area contributed by atoms with Crippen molar-refractivity contribution in [3.63, 3.8) is 0 Å². The zero-order valence-electron chi connectivity index (χ0n) is 20.7. The zero-order valence-corrected chi connectivity index (χ0v) is 21.5. The number of carbonyl (C=O) groups is 1. The highest BCUT2D eigenvalue weighted by molar-refractivity contribution is 6.31. The number of nitrogens with zero attached hydrogens (tertiary/aromatic N) is 2. The van der Waals surface area contributed by atoms with Crippen LogP contribution in [0.2, 0.25) is 5.02 Å². The van der Waals surface area contributed by atoms with Gasteiger partial charge in [0.25, 0.3) is 0 Å². The number of halogens is 4. The summed E-state index contributed by atoms with van der Waals surface area (Å²) in [5.41, 5.74) is 2.06. The maximum Gasteiger partial charge on any atom is 0.416 e. The van der Waals surface area contributed by atoms with Gasteiger partial charge in [0.1, 0.15) is 12.1 Å². The van der Waals surface area contributed by atoms with Crippen molar-refractivity contribution in [2.45, 2.75) is 58.7 Å². The maximum absolute atomic E-state index is 13.4. The van der Waals surface area contributed by atoms with Crippen molar-refractivity contribution in [3.8, 4) is 11.3 Å². The molecule has 0 spiro atoms. The molecule has 0 saturated heterocycles. The van der Waals surface area contributed by atoms with Gasteiger partial charge < -0.3 is 15.7 Å². The number of benzene rings is 2. The molecule has 2 aromatic carbocycles. The van der Waals surface area contributed by atoms with Crippen molar-refractivity contribution in [3.05, 3.63) is 64.4 Å². The van der Waals surface area contributed by atoms with Crippen LogP contribution in [0.25, 0.3) is 11.3 Å². The molecular weight excluding hydrogens is 505 g/mol. The smallest absolute Gasteiger partial charge is 0.393 e. The third kappa shape index (κ3) is 6.59. The van der Waals surface area contributed by atoms with E-state index in [0.29, 0.717) is 41.4 Å². The lowest BCUT2D eigenvalue weighted by atomic mass is 9.88. The lowest BCUT2D eigenvalue weighted by molar-refractivity contribution is -0.137. The molecule has 4 rings (SSSR count). The summed E-state index contributed by atoms with van der Waals surface area (Å²) < 4.78 is 40.3. The van der Waals surface area contributed by atoms with E-state index < -0.39 is 23.8 Å². The van der Waals surface area contributed by atoms with E-state index in [-0.39, 0.29) is 17.5 Å². The van der Waals surface area contributed by atoms with E-state index in [4.69, 9.17) is 11.6 Å². The monoisotopic (exact) mass is 532 g/mol. The first kappa shape index (κ1) is 26.9. The fourth-order valence-electron chi connectivity index (χ4n) is 4.37. The fourth-order valence-corrected chi connectivity index (χ4v) is 4.64. The van der Waals surface area contributed by atoms with Crippen LogP contribution in [0.1, 0.15) is 50.3 Å². The Morgan fingerprint density at radius 3 is 2.54 bits per heavy atom. The normalized spacial score (nSPS) is 15.7. The lowest BCUT2D eigenvalue weighted by Gasteiger charge is -2.24. The molecule has 3 N–H and O–H groups in total. The van der Waals surface area contributed by atoms with Gasteiger partial charge in [-0.25, -0.2) is 9.97 Å². The predicted molar refractivity (Wildman–Crippen MR) is 138 cm³/mol. The Kier molecular flexibility index (Phi) is 7.48. The number of amides is 1. The predicted octanol–water partition coefficient (Wildman–Crippen LogP) is 6.78. The quantitative estimate of drug-likeness (QED) is 0.337. The Balaban J connectivity index is 1.69. The number of carbonyl (C=O) groups excluding carboxylic acids is 1. The second kappa shape index (κ2) is 10.3. The lowest BCUT2D eigenvalue weighted by Crippen LogP contribution is -2.20. The largest absolute Gasteiger partial charge is 0.416 e. The van der Waals surface area contributed by atoms with Crippen molar-refractivity contribution in [1.82, 2.24) is 9.97 Å². The Bertz CT molecular complexity index is 1320. The number of hydrogen-bond donors (Lipinski definition) is 3. The first-order valence-electron chi connectivity index (χ1n) is 11.9. The molecular formula is C27H28ClF3N4O2. The van der Waals surface area contributed by atoms with E-state index >= 15 is 0 Å². The molecule has 1 amide bonds. The summed E-state index contributed by atoms with van der Waals surface area (Å²) in [6, 6.07) is 8.35. The van der Waals surface area contributed by atoms with Crippen molar-refractivity contribution in [2.75, 3.05) is 10.6 Å². The van der Waals surface area contributed by atoms with Gasteiger partial charge in [-0.15, -0.1) is 0 Å². The van der Waals surface area contributed by atoms with Crippen LogP contribution in [0, 0.1) is 5.41 Å². The number of aliphatic hydroxyl groups excluding tert-OH is 1. The molecule has 0 bridgehead atoms. The molecule has 0 saturated carbocycles. The molecule has 0 aliphatic heterocycles. The van der Waals surface area contributed by atoms with Crippen LogP contribution in [0.3, 0.4) is 0 Å². The molecule has 10 heteroatoms. The number of aliphatic hydroxyl groups is 1. The number of anilines is 3. The molecule has 196 valence electrons. The molecule has 0 radical (unpaired) electrons. The van der Waals surface area contributed by atoms with E-state index in [9.17, 15) is 23.1 Å². The third-order valence-corrected chi connectivity index (χ3v) is 6.41. The van der Waals surface area contributed by atoms with Gasteiger partial charge in [-0.2, -0.15) is 13.2 Å². The molecule has 1 aliphatic rings. The number of rotatable bonds is 5. The zero-order chi connectivity index (χ0) is 27.0. The topological polar surface area (TPSA) is 87.1 Å². The van der Waals surface area contributed by atoms with E-state index in [1.54, 1.807) is 18.2 Å². The van der Waals surface area contributed by atoms with E-state index in [1.165, 1.54) is 12.4 Å². The highest BCUT2D eigenvalue weighted by atomic mass is 35.5. The summed E-state index contributed by atoms with van der Waals surface area (Å²) in [5, 5.41) is 16.7. The minimum Gasteiger partial charge on any atom is -0.393 e. The summed E-state index contributed by atoms with van der Waals surface area (Å²) >= 11 is 6.36. The molecule has 1 aromatic heterocycles. The molecule has 37 heavy (non-hydrogen) atoms. The minimum absolute atomic E-state index is 0.0146. The Hall–Kier alpha value is -3.17. The van der Waals surface area contributed by atoms with Crippen LogP contribution in [0.5, 0.6) is 0 Å². The third-order valence-electron chi connectivity index (χ3n) is 6.06. The Morgan fingerprint density at radius 1 is 1.08 bits per heavy atom. The Labute approximate surface area is 218 Å². The van der Waals surface area contributed by atoms with Gasteiger partial charge in [-0.1, -0.05) is 38.4 Å². The standard InChI is InChI=1S/C27H28ClF3N4O2/c1-26(2,3)13-25(37)35-23-10-15(27(29,30)31)4-6-18(23)22-12-24(33-14-32-22)34-21-9-8-20(28)17-7-5-16(36)11-19(17)21/h4,6,8-10,12,14,16,36H,5,7,11,13H2,1-3H3,(H,35,37)(H,32,33,34). The van der Waals surface area contributed by atoms with Gasteiger partial charge in [-0.05, 0) is 53.6 Å². The van der Waals surface area contributed by atoms with Gasteiger partial charge >= 0.3 is 6.18 Å². The van der Waals surface area contributed by atoms with Gasteiger partial charge in [-0.3, -0.25) is 4.79 Å². The van der Waals surface area contributed by atoms with E-state index in [2.05, 4.69) is 20.6 Å². The SMILES string of the molecule is CC(C)(C)CC(=O)Nc1cc(C(F)(F)F)ccc1-c1cc(Nc2ccc(Cl)c3c2CC(O)CC3)ncn1. The van der Waals surface area contributed by atoms with Crippen LogP contribution in [-0.2, 0) is 23.8 Å². The number of aromatic nitrogens is 2. The first-order valence-corrected chi connectivity index (χ1v) is 12.3. The van der Waals surface area contributed by atoms with Crippen LogP contribution in [0.4, 0.5) is 30.4 Å². The van der Waals surface area contributed by atoms with Crippen molar-refractivity contribution < 1.29 is 23.1 Å². The first-order chi connectivity index (χ1) is 17.3. The molecule has 3 aromatic rings. The molecule has 6 nitrogen and oxygen atoms in total. The second-order valence-electron chi connectivity index (χ2n) is 10.4. The van der Waals surface area contributed by atoms with Crippen molar-refractivity contribution in [1.29, 1.82) is 0 Å². The number of alkyl halides is 3. The summed E-state index contributed by atoms with van der Waals surface area (Å²) in [7, 11) is 0. The Morgan fingerprint density at radius 2 is 1.84 bits per heavy atom. The highest BCUT2D eigenvalue weighted by Crippen LogP contribution is 2.38. The number of nitrogens with one attached hydrogen (secondary N) is 2. The van der Waals surface area contributed by atoms with Crippen LogP contribution in [-0.4, -0.2) is 27.1 Å². The number of fused-ring (bicyclic) bond motifs is 1.